The summed E-state index contributed by atoms with van der Waals surface area (Å²) >= 11 is 6.60. The number of aromatic nitrogens is 2. The van der Waals surface area contributed by atoms with Gasteiger partial charge in [0.15, 0.2) is 5.82 Å². The standard InChI is InChI=1S/C38H33ClN4O2/c1-40-30-21-26(22-30)37(45)41-36-33-23-25(32-19-18-31(44)24-34(32)39)17-20-35(33)43(42-36)38(27-11-5-2-6-12-27,28-13-7-3-8-14-28)29-15-9-4-10-16-29/h2-20,23-24,26,30,40,44H,21-22H2,1H3,(H,41,42,45). The quantitative estimate of drug-likeness (QED) is 0.153. The van der Waals surface area contributed by atoms with Crippen LogP contribution in [-0.4, -0.2) is 33.9 Å². The Morgan fingerprint density at radius 3 is 1.93 bits per heavy atom. The number of aromatic hydroxyl groups is 1. The maximum Gasteiger partial charge on any atom is 0.228 e. The third-order valence-electron chi connectivity index (χ3n) is 8.99. The summed E-state index contributed by atoms with van der Waals surface area (Å²) < 4.78 is 2.05. The Kier molecular flexibility index (Phi) is 7.61. The summed E-state index contributed by atoms with van der Waals surface area (Å²) in [6.45, 7) is 0. The largest absolute Gasteiger partial charge is 0.508 e. The molecule has 7 rings (SSSR count). The summed E-state index contributed by atoms with van der Waals surface area (Å²) in [7, 11) is 1.93. The molecule has 0 atom stereocenters. The number of carbonyl (C=O) groups is 1. The number of phenols is 1. The lowest BCUT2D eigenvalue weighted by molar-refractivity contribution is -0.122. The van der Waals surface area contributed by atoms with Crippen LogP contribution in [0.1, 0.15) is 29.5 Å². The topological polar surface area (TPSA) is 79.2 Å². The fourth-order valence-electron chi connectivity index (χ4n) is 6.56. The number of phenolic OH excluding ortho intramolecular Hbond substituents is 1. The highest BCUT2D eigenvalue weighted by Gasteiger charge is 2.41. The van der Waals surface area contributed by atoms with Gasteiger partial charge in [-0.05, 0) is 72.5 Å². The first-order chi connectivity index (χ1) is 22.0. The van der Waals surface area contributed by atoms with Gasteiger partial charge in [-0.2, -0.15) is 5.10 Å². The maximum atomic E-state index is 13.6. The molecule has 6 aromatic rings. The monoisotopic (exact) mass is 612 g/mol. The molecule has 7 heteroatoms. The molecule has 3 N–H and O–H groups in total. The molecule has 1 amide bonds. The number of rotatable bonds is 8. The zero-order chi connectivity index (χ0) is 31.0. The van der Waals surface area contributed by atoms with E-state index in [4.69, 9.17) is 16.7 Å². The SMILES string of the molecule is CNC1CC(C(=O)Nc2nn(C(c3ccccc3)(c3ccccc3)c3ccccc3)c3ccc(-c4ccc(O)cc4Cl)cc23)C1. The molecule has 5 aromatic carbocycles. The van der Waals surface area contributed by atoms with Crippen molar-refractivity contribution in [2.24, 2.45) is 5.92 Å². The lowest BCUT2D eigenvalue weighted by atomic mass is 9.77. The number of halogens is 1. The van der Waals surface area contributed by atoms with E-state index in [1.54, 1.807) is 12.1 Å². The number of amides is 1. The fraction of sp³-hybridized carbons (Fsp3) is 0.158. The first-order valence-electron chi connectivity index (χ1n) is 15.2. The van der Waals surface area contributed by atoms with Crippen molar-refractivity contribution in [1.29, 1.82) is 0 Å². The zero-order valence-corrected chi connectivity index (χ0v) is 25.6. The summed E-state index contributed by atoms with van der Waals surface area (Å²) in [5.74, 6) is 0.474. The van der Waals surface area contributed by atoms with Crippen LogP contribution in [0.5, 0.6) is 5.75 Å². The summed E-state index contributed by atoms with van der Waals surface area (Å²) in [6, 6.07) is 42.5. The van der Waals surface area contributed by atoms with Crippen molar-refractivity contribution < 1.29 is 9.90 Å². The molecule has 0 aliphatic heterocycles. The minimum atomic E-state index is -0.865. The lowest BCUT2D eigenvalue weighted by Gasteiger charge is -2.37. The molecule has 0 radical (unpaired) electrons. The summed E-state index contributed by atoms with van der Waals surface area (Å²) in [6.07, 6.45) is 1.58. The van der Waals surface area contributed by atoms with Crippen LogP contribution in [0.4, 0.5) is 5.82 Å². The maximum absolute atomic E-state index is 13.6. The number of nitrogens with one attached hydrogen (secondary N) is 2. The number of benzene rings is 5. The van der Waals surface area contributed by atoms with Gasteiger partial charge in [0, 0.05) is 22.9 Å². The molecule has 0 spiro atoms. The first kappa shape index (κ1) is 28.8. The van der Waals surface area contributed by atoms with Gasteiger partial charge in [0.25, 0.3) is 0 Å². The second-order valence-electron chi connectivity index (χ2n) is 11.6. The van der Waals surface area contributed by atoms with Crippen molar-refractivity contribution in [3.8, 4) is 16.9 Å². The molecule has 1 aliphatic carbocycles. The Bertz CT molecular complexity index is 1870. The van der Waals surface area contributed by atoms with Crippen LogP contribution in [0.25, 0.3) is 22.0 Å². The van der Waals surface area contributed by atoms with Gasteiger partial charge < -0.3 is 15.7 Å². The second kappa shape index (κ2) is 11.9. The normalized spacial score (nSPS) is 16.3. The fourth-order valence-corrected chi connectivity index (χ4v) is 6.85. The van der Waals surface area contributed by atoms with Crippen LogP contribution in [0.3, 0.4) is 0 Å². The number of nitrogens with zero attached hydrogens (tertiary/aromatic N) is 2. The van der Waals surface area contributed by atoms with Gasteiger partial charge in [0.2, 0.25) is 5.91 Å². The number of hydrogen-bond acceptors (Lipinski definition) is 4. The summed E-state index contributed by atoms with van der Waals surface area (Å²) in [4.78, 5) is 13.6. The Morgan fingerprint density at radius 2 is 1.40 bits per heavy atom. The van der Waals surface area contributed by atoms with Gasteiger partial charge in [-0.15, -0.1) is 0 Å². The molecule has 1 fully saturated rings. The third-order valence-corrected chi connectivity index (χ3v) is 9.31. The first-order valence-corrected chi connectivity index (χ1v) is 15.5. The van der Waals surface area contributed by atoms with E-state index in [1.807, 2.05) is 79.8 Å². The Labute approximate surface area is 267 Å². The minimum absolute atomic E-state index is 0.0362. The minimum Gasteiger partial charge on any atom is -0.508 e. The van der Waals surface area contributed by atoms with E-state index in [-0.39, 0.29) is 17.6 Å². The van der Waals surface area contributed by atoms with Crippen LogP contribution >= 0.6 is 11.6 Å². The van der Waals surface area contributed by atoms with Crippen molar-refractivity contribution in [2.75, 3.05) is 12.4 Å². The van der Waals surface area contributed by atoms with Crippen molar-refractivity contribution in [1.82, 2.24) is 15.1 Å². The molecule has 1 heterocycles. The molecule has 224 valence electrons. The molecule has 1 aromatic heterocycles. The molecule has 0 unspecified atom stereocenters. The van der Waals surface area contributed by atoms with E-state index in [2.05, 4.69) is 51.7 Å². The van der Waals surface area contributed by atoms with Crippen molar-refractivity contribution in [3.63, 3.8) is 0 Å². The second-order valence-corrected chi connectivity index (χ2v) is 12.0. The Morgan fingerprint density at radius 1 is 0.822 bits per heavy atom. The predicted molar refractivity (Wildman–Crippen MR) is 181 cm³/mol. The smallest absolute Gasteiger partial charge is 0.228 e. The lowest BCUT2D eigenvalue weighted by Crippen LogP contribution is -2.44. The van der Waals surface area contributed by atoms with E-state index >= 15 is 0 Å². The highest BCUT2D eigenvalue weighted by Crippen LogP contribution is 2.44. The van der Waals surface area contributed by atoms with E-state index in [1.165, 1.54) is 6.07 Å². The van der Waals surface area contributed by atoms with Gasteiger partial charge in [-0.25, -0.2) is 4.68 Å². The number of hydrogen-bond donors (Lipinski definition) is 3. The number of carbonyl (C=O) groups excluding carboxylic acids is 1. The third kappa shape index (κ3) is 5.06. The average molecular weight is 613 g/mol. The van der Waals surface area contributed by atoms with Gasteiger partial charge in [0.05, 0.1) is 10.5 Å². The molecule has 1 aliphatic rings. The van der Waals surface area contributed by atoms with E-state index in [9.17, 15) is 9.90 Å². The van der Waals surface area contributed by atoms with Gasteiger partial charge in [-0.3, -0.25) is 4.79 Å². The van der Waals surface area contributed by atoms with Crippen LogP contribution in [0.2, 0.25) is 5.02 Å². The van der Waals surface area contributed by atoms with Crippen molar-refractivity contribution in [3.05, 3.63) is 149 Å². The van der Waals surface area contributed by atoms with Crippen molar-refractivity contribution >= 4 is 34.2 Å². The van der Waals surface area contributed by atoms with E-state index in [0.29, 0.717) is 16.9 Å². The number of anilines is 1. The van der Waals surface area contributed by atoms with Gasteiger partial charge in [-0.1, -0.05) is 109 Å². The molecule has 1 saturated carbocycles. The van der Waals surface area contributed by atoms with Gasteiger partial charge in [0.1, 0.15) is 11.3 Å². The molecule has 0 saturated heterocycles. The molecular weight excluding hydrogens is 580 g/mol. The average Bonchev–Trinajstić information content (AvgIpc) is 3.40. The Balaban J connectivity index is 1.50. The van der Waals surface area contributed by atoms with E-state index in [0.717, 1.165) is 51.6 Å². The van der Waals surface area contributed by atoms with Crippen molar-refractivity contribution in [2.45, 2.75) is 24.4 Å². The number of fused-ring (bicyclic) bond motifs is 1. The van der Waals surface area contributed by atoms with E-state index < -0.39 is 5.54 Å². The van der Waals surface area contributed by atoms with Crippen LogP contribution in [-0.2, 0) is 10.3 Å². The van der Waals surface area contributed by atoms with Crippen LogP contribution < -0.4 is 10.6 Å². The summed E-state index contributed by atoms with van der Waals surface area (Å²) in [5, 5.41) is 23.0. The highest BCUT2D eigenvalue weighted by atomic mass is 35.5. The molecule has 45 heavy (non-hydrogen) atoms. The van der Waals surface area contributed by atoms with Crippen LogP contribution in [0, 0.1) is 5.92 Å². The van der Waals surface area contributed by atoms with Gasteiger partial charge >= 0.3 is 0 Å². The molecular formula is C38H33ClN4O2. The zero-order valence-electron chi connectivity index (χ0n) is 24.8. The van der Waals surface area contributed by atoms with Crippen LogP contribution in [0.15, 0.2) is 127 Å². The molecule has 0 bridgehead atoms. The molecule has 6 nitrogen and oxygen atoms in total. The summed E-state index contributed by atoms with van der Waals surface area (Å²) in [5.41, 5.74) is 4.71. The Hall–Kier alpha value is -4.91. The predicted octanol–water partition coefficient (Wildman–Crippen LogP) is 7.84. The highest BCUT2D eigenvalue weighted by molar-refractivity contribution is 6.33.